The highest BCUT2D eigenvalue weighted by molar-refractivity contribution is 6.31. The molecule has 3 N–H and O–H groups in total. The maximum absolute atomic E-state index is 12.1. The fraction of sp³-hybridized carbons (Fsp3) is 0.519. The van der Waals surface area contributed by atoms with Crippen molar-refractivity contribution in [1.29, 1.82) is 0 Å². The Bertz CT molecular complexity index is 1110. The molecule has 2 aromatic carbocycles. The van der Waals surface area contributed by atoms with Crippen LogP contribution in [0.5, 0.6) is 5.75 Å². The molecule has 0 spiro atoms. The summed E-state index contributed by atoms with van der Waals surface area (Å²) in [5, 5.41) is 33.2. The molecule has 2 saturated heterocycles. The highest BCUT2D eigenvalue weighted by atomic mass is 35.5. The van der Waals surface area contributed by atoms with Gasteiger partial charge in [-0.25, -0.2) is 4.79 Å². The van der Waals surface area contributed by atoms with E-state index in [0.29, 0.717) is 23.6 Å². The van der Waals surface area contributed by atoms with Crippen LogP contribution in [0.4, 0.5) is 4.79 Å². The molecule has 2 aromatic rings. The summed E-state index contributed by atoms with van der Waals surface area (Å²) in [5.74, 6) is -1.06. The summed E-state index contributed by atoms with van der Waals surface area (Å²) in [5.41, 5.74) is 0.465. The number of carbonyl (C=O) groups excluding carboxylic acids is 1. The SMILES string of the molecule is CCOc1ccc(Cc2cc([C@]34OC[C@@](C(C)OC(=O)OC(C)C)(O3)C(O)[C@H](O)[C@H]4O)ccc2Cl)cc1. The zero-order chi connectivity index (χ0) is 27.0. The molecular weight excluding hydrogens is 504 g/mol. The van der Waals surface area contributed by atoms with Crippen molar-refractivity contribution in [3.8, 4) is 5.75 Å². The Morgan fingerprint density at radius 1 is 1.08 bits per heavy atom. The van der Waals surface area contributed by atoms with Crippen LogP contribution >= 0.6 is 11.6 Å². The minimum Gasteiger partial charge on any atom is -0.494 e. The zero-order valence-electron chi connectivity index (χ0n) is 21.2. The minimum atomic E-state index is -1.82. The molecule has 6 atom stereocenters. The number of ether oxygens (including phenoxy) is 5. The Morgan fingerprint density at radius 3 is 2.43 bits per heavy atom. The Balaban J connectivity index is 1.63. The van der Waals surface area contributed by atoms with Crippen LogP contribution in [-0.2, 0) is 31.2 Å². The second-order valence-electron chi connectivity index (χ2n) is 9.63. The van der Waals surface area contributed by atoms with Gasteiger partial charge in [-0.15, -0.1) is 0 Å². The number of halogens is 1. The van der Waals surface area contributed by atoms with Gasteiger partial charge in [0.05, 0.1) is 19.3 Å². The molecule has 2 heterocycles. The van der Waals surface area contributed by atoms with Crippen LogP contribution in [0.3, 0.4) is 0 Å². The van der Waals surface area contributed by atoms with Crippen LogP contribution in [0.25, 0.3) is 0 Å². The van der Waals surface area contributed by atoms with E-state index >= 15 is 0 Å². The van der Waals surface area contributed by atoms with E-state index in [-0.39, 0.29) is 6.61 Å². The first-order chi connectivity index (χ1) is 17.5. The molecule has 2 aliphatic heterocycles. The molecule has 0 saturated carbocycles. The molecule has 0 amide bonds. The first-order valence-electron chi connectivity index (χ1n) is 12.3. The second kappa shape index (κ2) is 10.8. The van der Waals surface area contributed by atoms with Crippen LogP contribution in [0.1, 0.15) is 44.4 Å². The van der Waals surface area contributed by atoms with Crippen LogP contribution < -0.4 is 4.74 Å². The van der Waals surface area contributed by atoms with Gasteiger partial charge in [0.15, 0.2) is 5.60 Å². The van der Waals surface area contributed by atoms with Gasteiger partial charge in [0.2, 0.25) is 5.79 Å². The topological polar surface area (TPSA) is 124 Å². The Kier molecular flexibility index (Phi) is 8.04. The number of fused-ring (bicyclic) bond motifs is 2. The van der Waals surface area contributed by atoms with Gasteiger partial charge in [-0.05, 0) is 69.5 Å². The monoisotopic (exact) mass is 536 g/mol. The Labute approximate surface area is 220 Å². The lowest BCUT2D eigenvalue weighted by Gasteiger charge is -2.48. The number of benzene rings is 2. The molecule has 9 nitrogen and oxygen atoms in total. The highest BCUT2D eigenvalue weighted by Gasteiger charge is 2.69. The van der Waals surface area contributed by atoms with Crippen molar-refractivity contribution in [1.82, 2.24) is 0 Å². The van der Waals surface area contributed by atoms with Crippen LogP contribution in [0.2, 0.25) is 5.02 Å². The van der Waals surface area contributed by atoms with Gasteiger partial charge >= 0.3 is 6.16 Å². The average Bonchev–Trinajstić information content (AvgIpc) is 3.25. The van der Waals surface area contributed by atoms with Crippen molar-refractivity contribution in [3.05, 3.63) is 64.2 Å². The molecule has 37 heavy (non-hydrogen) atoms. The predicted molar refractivity (Wildman–Crippen MR) is 133 cm³/mol. The maximum Gasteiger partial charge on any atom is 0.508 e. The van der Waals surface area contributed by atoms with Crippen molar-refractivity contribution in [3.63, 3.8) is 0 Å². The fourth-order valence-electron chi connectivity index (χ4n) is 4.77. The number of carbonyl (C=O) groups is 1. The van der Waals surface area contributed by atoms with Crippen molar-refractivity contribution in [2.45, 2.75) is 76.0 Å². The normalized spacial score (nSPS) is 29.7. The second-order valence-corrected chi connectivity index (χ2v) is 10.0. The number of aliphatic hydroxyl groups is 3. The van der Waals surface area contributed by atoms with E-state index in [1.54, 1.807) is 32.0 Å². The van der Waals surface area contributed by atoms with Crippen LogP contribution in [0.15, 0.2) is 42.5 Å². The average molecular weight is 537 g/mol. The summed E-state index contributed by atoms with van der Waals surface area (Å²) >= 11 is 6.50. The zero-order valence-corrected chi connectivity index (χ0v) is 22.0. The Morgan fingerprint density at radius 2 is 1.78 bits per heavy atom. The van der Waals surface area contributed by atoms with E-state index in [2.05, 4.69) is 0 Å². The van der Waals surface area contributed by atoms with E-state index in [1.807, 2.05) is 31.2 Å². The lowest BCUT2D eigenvalue weighted by atomic mass is 9.81. The van der Waals surface area contributed by atoms with Gasteiger partial charge in [0.1, 0.15) is 30.2 Å². The van der Waals surface area contributed by atoms with Crippen molar-refractivity contribution < 1.29 is 43.8 Å². The quantitative estimate of drug-likeness (QED) is 0.436. The molecule has 4 rings (SSSR count). The maximum atomic E-state index is 12.1. The number of rotatable bonds is 8. The summed E-state index contributed by atoms with van der Waals surface area (Å²) in [7, 11) is 0. The third-order valence-corrected chi connectivity index (χ3v) is 7.13. The Hall–Kier alpha value is -2.40. The third kappa shape index (κ3) is 5.16. The van der Waals surface area contributed by atoms with Gasteiger partial charge in [0.25, 0.3) is 0 Å². The fourth-order valence-corrected chi connectivity index (χ4v) is 4.96. The van der Waals surface area contributed by atoms with Gasteiger partial charge in [0, 0.05) is 10.6 Å². The van der Waals surface area contributed by atoms with Crippen molar-refractivity contribution in [2.75, 3.05) is 13.2 Å². The molecule has 2 bridgehead atoms. The van der Waals surface area contributed by atoms with Gasteiger partial charge < -0.3 is 39.0 Å². The van der Waals surface area contributed by atoms with E-state index in [0.717, 1.165) is 16.9 Å². The predicted octanol–water partition coefficient (Wildman–Crippen LogP) is 3.31. The summed E-state index contributed by atoms with van der Waals surface area (Å²) in [6.07, 6.45) is -6.84. The van der Waals surface area contributed by atoms with Gasteiger partial charge in [-0.1, -0.05) is 29.8 Å². The van der Waals surface area contributed by atoms with Crippen molar-refractivity contribution in [2.24, 2.45) is 0 Å². The molecule has 0 aliphatic carbocycles. The van der Waals surface area contributed by atoms with Crippen molar-refractivity contribution >= 4 is 17.8 Å². The molecule has 0 aromatic heterocycles. The summed E-state index contributed by atoms with van der Waals surface area (Å²) in [4.78, 5) is 12.1. The largest absolute Gasteiger partial charge is 0.508 e. The molecule has 0 radical (unpaired) electrons. The molecular formula is C27H33ClO9. The van der Waals surface area contributed by atoms with Gasteiger partial charge in [-0.3, -0.25) is 0 Å². The smallest absolute Gasteiger partial charge is 0.494 e. The lowest BCUT2D eigenvalue weighted by molar-refractivity contribution is -0.337. The molecule has 202 valence electrons. The number of aliphatic hydroxyl groups excluding tert-OH is 3. The van der Waals surface area contributed by atoms with E-state index < -0.39 is 48.1 Å². The molecule has 10 heteroatoms. The van der Waals surface area contributed by atoms with Gasteiger partial charge in [-0.2, -0.15) is 0 Å². The first kappa shape index (κ1) is 27.6. The van der Waals surface area contributed by atoms with E-state index in [4.69, 9.17) is 35.3 Å². The van der Waals surface area contributed by atoms with E-state index in [1.165, 1.54) is 6.92 Å². The van der Waals surface area contributed by atoms with Crippen LogP contribution in [-0.4, -0.2) is 70.8 Å². The van der Waals surface area contributed by atoms with Crippen LogP contribution in [0, 0.1) is 0 Å². The molecule has 2 unspecified atom stereocenters. The van der Waals surface area contributed by atoms with E-state index in [9.17, 15) is 20.1 Å². The first-order valence-corrected chi connectivity index (χ1v) is 12.7. The number of hydrogen-bond acceptors (Lipinski definition) is 9. The molecule has 2 fully saturated rings. The standard InChI is InChI=1S/C27H33ClO9/c1-5-33-20-9-6-17(7-10-20)12-18-13-19(8-11-21(18)28)27-24(31)22(29)23(30)26(37-27,14-34-27)16(4)36-25(32)35-15(2)3/h6-11,13,15-16,22-24,29-31H,5,12,14H2,1-4H3/t16?,22-,23?,24+,26-,27-/m0/s1. The highest BCUT2D eigenvalue weighted by Crippen LogP contribution is 2.51. The minimum absolute atomic E-state index is 0.255. The number of hydrogen-bond donors (Lipinski definition) is 3. The summed E-state index contributed by atoms with van der Waals surface area (Å²) in [6, 6.07) is 12.7. The summed E-state index contributed by atoms with van der Waals surface area (Å²) < 4.78 is 28.1. The third-order valence-electron chi connectivity index (χ3n) is 6.76. The lowest BCUT2D eigenvalue weighted by Crippen LogP contribution is -2.68. The summed E-state index contributed by atoms with van der Waals surface area (Å²) in [6.45, 7) is 7.09. The molecule has 2 aliphatic rings.